The first-order valence-electron chi connectivity index (χ1n) is 14.2. The third-order valence-electron chi connectivity index (χ3n) is 7.25. The molecule has 5 aromatic rings. The molecule has 208 valence electrons. The van der Waals surface area contributed by atoms with Gasteiger partial charge in [-0.1, -0.05) is 57.1 Å². The van der Waals surface area contributed by atoms with Crippen molar-refractivity contribution < 1.29 is 9.32 Å². The van der Waals surface area contributed by atoms with Crippen LogP contribution in [0, 0.1) is 5.92 Å². The van der Waals surface area contributed by atoms with Gasteiger partial charge < -0.3 is 14.4 Å². The van der Waals surface area contributed by atoms with E-state index in [1.165, 1.54) is 4.88 Å². The lowest BCUT2D eigenvalue weighted by molar-refractivity contribution is 0.0931. The topological polar surface area (TPSA) is 85.8 Å². The summed E-state index contributed by atoms with van der Waals surface area (Å²) in [5.74, 6) is 2.40. The molecule has 40 heavy (non-hydrogen) atoms. The van der Waals surface area contributed by atoms with E-state index in [1.54, 1.807) is 11.3 Å². The fraction of sp³-hybridized carbons (Fsp3) is 0.375. The summed E-state index contributed by atoms with van der Waals surface area (Å²) in [4.78, 5) is 24.4. The second kappa shape index (κ2) is 12.6. The number of nitrogens with zero attached hydrogens (tertiary/aromatic N) is 4. The molecule has 0 unspecified atom stereocenters. The van der Waals surface area contributed by atoms with Gasteiger partial charge in [-0.2, -0.15) is 4.98 Å². The number of hydrogen-bond donors (Lipinski definition) is 1. The molecule has 1 atom stereocenters. The van der Waals surface area contributed by atoms with Crippen molar-refractivity contribution in [1.29, 1.82) is 0 Å². The summed E-state index contributed by atoms with van der Waals surface area (Å²) in [6.07, 6.45) is 4.14. The molecule has 0 spiro atoms. The Balaban J connectivity index is 1.37. The molecular formula is C32H37N5O2S. The molecule has 0 saturated carbocycles. The summed E-state index contributed by atoms with van der Waals surface area (Å²) in [6, 6.07) is 20.1. The van der Waals surface area contributed by atoms with E-state index in [4.69, 9.17) is 9.51 Å². The Morgan fingerprint density at radius 1 is 1.02 bits per heavy atom. The van der Waals surface area contributed by atoms with Gasteiger partial charge in [0, 0.05) is 40.9 Å². The molecule has 0 aliphatic carbocycles. The van der Waals surface area contributed by atoms with E-state index in [-0.39, 0.29) is 11.9 Å². The number of rotatable bonds is 12. The predicted octanol–water partition coefficient (Wildman–Crippen LogP) is 7.49. The Morgan fingerprint density at radius 3 is 2.52 bits per heavy atom. The number of imidazole rings is 1. The lowest BCUT2D eigenvalue weighted by atomic mass is 10.00. The molecule has 0 bridgehead atoms. The van der Waals surface area contributed by atoms with Crippen LogP contribution < -0.4 is 5.32 Å². The second-order valence-electron chi connectivity index (χ2n) is 10.7. The molecule has 0 radical (unpaired) electrons. The van der Waals surface area contributed by atoms with Crippen molar-refractivity contribution in [1.82, 2.24) is 25.0 Å². The predicted molar refractivity (Wildman–Crippen MR) is 161 cm³/mol. The Labute approximate surface area is 239 Å². The lowest BCUT2D eigenvalue weighted by Gasteiger charge is -2.20. The highest BCUT2D eigenvalue weighted by molar-refractivity contribution is 7.09. The normalized spacial score (nSPS) is 12.4. The van der Waals surface area contributed by atoms with Crippen LogP contribution in [0.25, 0.3) is 22.5 Å². The first kappa shape index (κ1) is 27.8. The molecule has 5 rings (SSSR count). The Hall–Kier alpha value is -3.78. The van der Waals surface area contributed by atoms with Gasteiger partial charge >= 0.3 is 0 Å². The highest BCUT2D eigenvalue weighted by Crippen LogP contribution is 2.28. The number of hydrogen-bond acceptors (Lipinski definition) is 6. The summed E-state index contributed by atoms with van der Waals surface area (Å²) in [5.41, 5.74) is 3.43. The highest BCUT2D eigenvalue weighted by Gasteiger charge is 2.22. The van der Waals surface area contributed by atoms with E-state index < -0.39 is 0 Å². The van der Waals surface area contributed by atoms with Crippen LogP contribution in [0.4, 0.5) is 0 Å². The van der Waals surface area contributed by atoms with Gasteiger partial charge in [-0.05, 0) is 67.0 Å². The average molecular weight is 556 g/mol. The second-order valence-corrected chi connectivity index (χ2v) is 11.7. The molecule has 0 aliphatic rings. The first-order valence-corrected chi connectivity index (χ1v) is 15.0. The quantitative estimate of drug-likeness (QED) is 0.172. The standard InChI is InChI=1S/C32H37N5O2S/c1-5-25(6-2)37-28-15-14-23(18-27(28)34-30(37)20-26-13-10-16-40-26)31(38)33-24(17-21(3)4)19-29-35-32(39-36-29)22-11-8-7-9-12-22/h7-16,18,21,24-25H,5-6,17,19-20H2,1-4H3,(H,33,38)/t24-/m0/s1. The fourth-order valence-electron chi connectivity index (χ4n) is 5.33. The van der Waals surface area contributed by atoms with Gasteiger partial charge in [-0.25, -0.2) is 4.98 Å². The maximum atomic E-state index is 13.5. The minimum atomic E-state index is -0.124. The van der Waals surface area contributed by atoms with Crippen LogP contribution in [-0.2, 0) is 12.8 Å². The molecule has 0 saturated heterocycles. The molecule has 8 heteroatoms. The number of fused-ring (bicyclic) bond motifs is 1. The van der Waals surface area contributed by atoms with Crippen molar-refractivity contribution in [2.75, 3.05) is 0 Å². The zero-order valence-electron chi connectivity index (χ0n) is 23.6. The fourth-order valence-corrected chi connectivity index (χ4v) is 6.03. The Morgan fingerprint density at radius 2 is 1.82 bits per heavy atom. The maximum Gasteiger partial charge on any atom is 0.257 e. The maximum absolute atomic E-state index is 13.5. The zero-order valence-corrected chi connectivity index (χ0v) is 24.4. The summed E-state index contributed by atoms with van der Waals surface area (Å²) >= 11 is 1.75. The molecular weight excluding hydrogens is 518 g/mol. The van der Waals surface area contributed by atoms with Crippen LogP contribution in [0.5, 0.6) is 0 Å². The van der Waals surface area contributed by atoms with Crippen LogP contribution in [0.1, 0.15) is 79.9 Å². The van der Waals surface area contributed by atoms with Crippen LogP contribution in [0.3, 0.4) is 0 Å². The summed E-state index contributed by atoms with van der Waals surface area (Å²) in [6.45, 7) is 8.74. The third kappa shape index (κ3) is 6.33. The number of amides is 1. The van der Waals surface area contributed by atoms with Gasteiger partial charge in [0.15, 0.2) is 5.82 Å². The molecule has 2 aromatic carbocycles. The molecule has 7 nitrogen and oxygen atoms in total. The number of aromatic nitrogens is 4. The summed E-state index contributed by atoms with van der Waals surface area (Å²) < 4.78 is 7.87. The van der Waals surface area contributed by atoms with E-state index in [1.807, 2.05) is 42.5 Å². The molecule has 0 fully saturated rings. The Bertz CT molecular complexity index is 1530. The van der Waals surface area contributed by atoms with Crippen LogP contribution in [-0.4, -0.2) is 31.6 Å². The molecule has 3 aromatic heterocycles. The summed E-state index contributed by atoms with van der Waals surface area (Å²) in [5, 5.41) is 9.53. The average Bonchev–Trinajstić information content (AvgIpc) is 3.71. The number of thiophene rings is 1. The minimum absolute atomic E-state index is 0.115. The van der Waals surface area contributed by atoms with Crippen molar-refractivity contribution in [2.24, 2.45) is 5.92 Å². The molecule has 0 aliphatic heterocycles. The van der Waals surface area contributed by atoms with Crippen molar-refractivity contribution in [3.8, 4) is 11.5 Å². The van der Waals surface area contributed by atoms with Crippen LogP contribution in [0.15, 0.2) is 70.6 Å². The monoisotopic (exact) mass is 555 g/mol. The van der Waals surface area contributed by atoms with Crippen molar-refractivity contribution >= 4 is 28.3 Å². The van der Waals surface area contributed by atoms with Crippen molar-refractivity contribution in [3.63, 3.8) is 0 Å². The number of nitrogens with one attached hydrogen (secondary N) is 1. The van der Waals surface area contributed by atoms with Gasteiger partial charge in [-0.15, -0.1) is 11.3 Å². The Kier molecular flexibility index (Phi) is 8.75. The number of carbonyl (C=O) groups excluding carboxylic acids is 1. The molecule has 3 heterocycles. The van der Waals surface area contributed by atoms with Crippen LogP contribution >= 0.6 is 11.3 Å². The van der Waals surface area contributed by atoms with Crippen LogP contribution in [0.2, 0.25) is 0 Å². The van der Waals surface area contributed by atoms with Crippen molar-refractivity contribution in [2.45, 2.75) is 71.9 Å². The van der Waals surface area contributed by atoms with Gasteiger partial charge in [0.25, 0.3) is 11.8 Å². The van der Waals surface area contributed by atoms with Crippen molar-refractivity contribution in [3.05, 3.63) is 88.1 Å². The van der Waals surface area contributed by atoms with E-state index in [2.05, 4.69) is 71.3 Å². The smallest absolute Gasteiger partial charge is 0.257 e. The van der Waals surface area contributed by atoms with E-state index in [9.17, 15) is 4.79 Å². The zero-order chi connectivity index (χ0) is 28.1. The van der Waals surface area contributed by atoms with Gasteiger partial charge in [0.1, 0.15) is 5.82 Å². The number of carbonyl (C=O) groups is 1. The summed E-state index contributed by atoms with van der Waals surface area (Å²) in [7, 11) is 0. The number of benzene rings is 2. The van der Waals surface area contributed by atoms with Gasteiger partial charge in [0.2, 0.25) is 0 Å². The molecule has 1 N–H and O–H groups in total. The lowest BCUT2D eigenvalue weighted by Crippen LogP contribution is -2.37. The third-order valence-corrected chi connectivity index (χ3v) is 8.13. The highest BCUT2D eigenvalue weighted by atomic mass is 32.1. The largest absolute Gasteiger partial charge is 0.349 e. The minimum Gasteiger partial charge on any atom is -0.349 e. The van der Waals surface area contributed by atoms with E-state index in [0.717, 1.165) is 48.1 Å². The first-order chi connectivity index (χ1) is 19.4. The SMILES string of the molecule is CCC(CC)n1c(Cc2cccs2)nc2cc(C(=O)N[C@H](Cc3noc(-c4ccccc4)n3)CC(C)C)ccc21. The van der Waals surface area contributed by atoms with Gasteiger partial charge in [-0.3, -0.25) is 4.79 Å². The van der Waals surface area contributed by atoms with Gasteiger partial charge in [0.05, 0.1) is 11.0 Å². The van der Waals surface area contributed by atoms with E-state index in [0.29, 0.717) is 35.7 Å². The molecule has 1 amide bonds. The van der Waals surface area contributed by atoms with E-state index >= 15 is 0 Å².